The number of aliphatic hydroxyl groups excluding tert-OH is 1. The lowest BCUT2D eigenvalue weighted by atomic mass is 10.2. The van der Waals surface area contributed by atoms with E-state index in [1.165, 1.54) is 0 Å². The molecule has 2 N–H and O–H groups in total. The molecule has 2 aliphatic heterocycles. The number of nitrogens with one attached hydrogen (secondary N) is 1. The number of amides is 1. The van der Waals surface area contributed by atoms with Gasteiger partial charge < -0.3 is 20.2 Å². The normalized spacial score (nSPS) is 21.6. The molecule has 3 rings (SSSR count). The van der Waals surface area contributed by atoms with Gasteiger partial charge >= 0.3 is 0 Å². The lowest BCUT2D eigenvalue weighted by Crippen LogP contribution is -2.49. The second-order valence-corrected chi connectivity index (χ2v) is 6.71. The van der Waals surface area contributed by atoms with Crippen LogP contribution in [-0.4, -0.2) is 89.2 Å². The number of rotatable bonds is 6. The summed E-state index contributed by atoms with van der Waals surface area (Å²) in [5.41, 5.74) is 0. The predicted octanol–water partition coefficient (Wildman–Crippen LogP) is 0.0137. The fourth-order valence-corrected chi connectivity index (χ4v) is 3.56. The number of carbonyl (C=O) groups excluding carboxylic acids is 1. The maximum atomic E-state index is 11.4. The van der Waals surface area contributed by atoms with Gasteiger partial charge in [0.15, 0.2) is 0 Å². The summed E-state index contributed by atoms with van der Waals surface area (Å²) in [6.45, 7) is 7.92. The predicted molar refractivity (Wildman–Crippen MR) is 96.7 cm³/mol. The van der Waals surface area contributed by atoms with Crippen LogP contribution >= 0.6 is 0 Å². The van der Waals surface area contributed by atoms with Gasteiger partial charge in [0.25, 0.3) is 0 Å². The van der Waals surface area contributed by atoms with Gasteiger partial charge in [0.2, 0.25) is 5.91 Å². The smallest absolute Gasteiger partial charge is 0.219 e. The molecular weight excluding hydrogens is 320 g/mol. The molecule has 138 valence electrons. The molecule has 1 atom stereocenters. The molecule has 2 aliphatic rings. The number of anilines is 2. The summed E-state index contributed by atoms with van der Waals surface area (Å²) < 4.78 is 0. The molecule has 1 aromatic heterocycles. The first kappa shape index (κ1) is 17.9. The molecule has 0 unspecified atom stereocenters. The summed E-state index contributed by atoms with van der Waals surface area (Å²) in [5.74, 6) is 1.86. The number of aliphatic hydroxyl groups is 1. The molecule has 25 heavy (non-hydrogen) atoms. The van der Waals surface area contributed by atoms with Crippen molar-refractivity contribution in [2.24, 2.45) is 0 Å². The van der Waals surface area contributed by atoms with Crippen LogP contribution in [-0.2, 0) is 4.79 Å². The van der Waals surface area contributed by atoms with E-state index in [0.29, 0.717) is 0 Å². The minimum absolute atomic E-state index is 0.161. The van der Waals surface area contributed by atoms with E-state index < -0.39 is 0 Å². The van der Waals surface area contributed by atoms with Gasteiger partial charge in [0.1, 0.15) is 18.0 Å². The van der Waals surface area contributed by atoms with Crippen LogP contribution in [0.15, 0.2) is 12.4 Å². The number of hydrogen-bond acceptors (Lipinski definition) is 7. The molecule has 8 heteroatoms. The monoisotopic (exact) mass is 348 g/mol. The third-order valence-electron chi connectivity index (χ3n) is 5.09. The molecule has 0 aliphatic carbocycles. The van der Waals surface area contributed by atoms with Crippen LogP contribution in [0.25, 0.3) is 0 Å². The van der Waals surface area contributed by atoms with Crippen LogP contribution in [0, 0.1) is 0 Å². The van der Waals surface area contributed by atoms with Crippen molar-refractivity contribution in [3.8, 4) is 0 Å². The Bertz CT molecular complexity index is 576. The van der Waals surface area contributed by atoms with Crippen molar-refractivity contribution >= 4 is 17.5 Å². The van der Waals surface area contributed by atoms with Crippen molar-refractivity contribution in [3.05, 3.63) is 12.4 Å². The number of hydrogen-bond donors (Lipinski definition) is 2. The van der Waals surface area contributed by atoms with E-state index in [0.717, 1.165) is 70.3 Å². The summed E-state index contributed by atoms with van der Waals surface area (Å²) in [4.78, 5) is 26.4. The van der Waals surface area contributed by atoms with Crippen LogP contribution in [0.3, 0.4) is 0 Å². The Morgan fingerprint density at radius 1 is 1.28 bits per heavy atom. The first-order chi connectivity index (χ1) is 12.2. The van der Waals surface area contributed by atoms with Gasteiger partial charge in [-0.3, -0.25) is 9.69 Å². The fraction of sp³-hybridized carbons (Fsp3) is 0.706. The highest BCUT2D eigenvalue weighted by molar-refractivity contribution is 5.73. The summed E-state index contributed by atoms with van der Waals surface area (Å²) in [7, 11) is 0. The third-order valence-corrected chi connectivity index (χ3v) is 5.09. The van der Waals surface area contributed by atoms with E-state index in [-0.39, 0.29) is 18.6 Å². The van der Waals surface area contributed by atoms with Crippen molar-refractivity contribution in [2.45, 2.75) is 25.8 Å². The maximum Gasteiger partial charge on any atom is 0.219 e. The zero-order chi connectivity index (χ0) is 17.6. The first-order valence-electron chi connectivity index (χ1n) is 9.08. The highest BCUT2D eigenvalue weighted by Crippen LogP contribution is 2.24. The highest BCUT2D eigenvalue weighted by atomic mass is 16.3. The van der Waals surface area contributed by atoms with Crippen LogP contribution < -0.4 is 10.2 Å². The molecule has 3 heterocycles. The Labute approximate surface area is 148 Å². The van der Waals surface area contributed by atoms with Crippen molar-refractivity contribution in [1.82, 2.24) is 19.8 Å². The molecule has 2 saturated heterocycles. The van der Waals surface area contributed by atoms with Gasteiger partial charge in [-0.1, -0.05) is 0 Å². The number of piperazine rings is 1. The zero-order valence-corrected chi connectivity index (χ0v) is 14.9. The maximum absolute atomic E-state index is 11.4. The summed E-state index contributed by atoms with van der Waals surface area (Å²) in [6, 6.07) is 2.13. The molecule has 0 bridgehead atoms. The standard InChI is InChI=1S/C17H28N6O2/c1-14(25)22-9-7-21(8-10-22)6-4-18-16-11-17(20-13-19-16)23-5-2-3-15(23)12-24/h11,13,15,24H,2-10,12H2,1H3,(H,18,19,20)/t15-/m1/s1. The minimum atomic E-state index is 0.161. The molecule has 0 saturated carbocycles. The van der Waals surface area contributed by atoms with E-state index >= 15 is 0 Å². The third kappa shape index (κ3) is 4.58. The van der Waals surface area contributed by atoms with Crippen molar-refractivity contribution in [1.29, 1.82) is 0 Å². The number of aromatic nitrogens is 2. The Morgan fingerprint density at radius 2 is 2.08 bits per heavy atom. The van der Waals surface area contributed by atoms with Gasteiger partial charge in [0, 0.05) is 58.8 Å². The number of nitrogens with zero attached hydrogens (tertiary/aromatic N) is 5. The quantitative estimate of drug-likeness (QED) is 0.749. The first-order valence-corrected chi connectivity index (χ1v) is 9.08. The Hall–Kier alpha value is -1.93. The van der Waals surface area contributed by atoms with Gasteiger partial charge in [-0.25, -0.2) is 9.97 Å². The second-order valence-electron chi connectivity index (χ2n) is 6.71. The average molecular weight is 348 g/mol. The van der Waals surface area contributed by atoms with Crippen LogP contribution in [0.2, 0.25) is 0 Å². The highest BCUT2D eigenvalue weighted by Gasteiger charge is 2.25. The average Bonchev–Trinajstić information content (AvgIpc) is 3.11. The van der Waals surface area contributed by atoms with Gasteiger partial charge in [0.05, 0.1) is 12.6 Å². The van der Waals surface area contributed by atoms with Gasteiger partial charge in [-0.15, -0.1) is 0 Å². The Balaban J connectivity index is 1.46. The molecule has 0 radical (unpaired) electrons. The molecule has 1 aromatic rings. The largest absolute Gasteiger partial charge is 0.394 e. The molecule has 2 fully saturated rings. The molecule has 0 aromatic carbocycles. The van der Waals surface area contributed by atoms with Gasteiger partial charge in [-0.05, 0) is 12.8 Å². The summed E-state index contributed by atoms with van der Waals surface area (Å²) in [5, 5.41) is 12.8. The SMILES string of the molecule is CC(=O)N1CCN(CCNc2cc(N3CCC[C@@H]3CO)ncn2)CC1. The van der Waals surface area contributed by atoms with E-state index in [4.69, 9.17) is 0 Å². The van der Waals surface area contributed by atoms with Crippen molar-refractivity contribution in [2.75, 3.05) is 62.6 Å². The lowest BCUT2D eigenvalue weighted by molar-refractivity contribution is -0.130. The van der Waals surface area contributed by atoms with E-state index in [2.05, 4.69) is 25.1 Å². The number of carbonyl (C=O) groups is 1. The summed E-state index contributed by atoms with van der Waals surface area (Å²) >= 11 is 0. The molecule has 1 amide bonds. The molecular formula is C17H28N6O2. The Morgan fingerprint density at radius 3 is 2.80 bits per heavy atom. The van der Waals surface area contributed by atoms with Crippen LogP contribution in [0.4, 0.5) is 11.6 Å². The van der Waals surface area contributed by atoms with E-state index in [1.54, 1.807) is 13.3 Å². The van der Waals surface area contributed by atoms with Crippen molar-refractivity contribution < 1.29 is 9.90 Å². The molecule has 8 nitrogen and oxygen atoms in total. The second kappa shape index (κ2) is 8.44. The lowest BCUT2D eigenvalue weighted by Gasteiger charge is -2.34. The summed E-state index contributed by atoms with van der Waals surface area (Å²) in [6.07, 6.45) is 3.68. The van der Waals surface area contributed by atoms with Crippen molar-refractivity contribution in [3.63, 3.8) is 0 Å². The van der Waals surface area contributed by atoms with E-state index in [1.807, 2.05) is 11.0 Å². The minimum Gasteiger partial charge on any atom is -0.394 e. The van der Waals surface area contributed by atoms with Crippen LogP contribution in [0.5, 0.6) is 0 Å². The topological polar surface area (TPSA) is 84.8 Å². The van der Waals surface area contributed by atoms with Crippen LogP contribution in [0.1, 0.15) is 19.8 Å². The zero-order valence-electron chi connectivity index (χ0n) is 14.9. The molecule has 0 spiro atoms. The fourth-order valence-electron chi connectivity index (χ4n) is 3.56. The van der Waals surface area contributed by atoms with Gasteiger partial charge in [-0.2, -0.15) is 0 Å². The Kier molecular flexibility index (Phi) is 6.04. The van der Waals surface area contributed by atoms with E-state index in [9.17, 15) is 9.90 Å².